The van der Waals surface area contributed by atoms with E-state index in [9.17, 15) is 4.79 Å². The smallest absolute Gasteiger partial charge is 0.258 e. The largest absolute Gasteiger partial charge is 0.481 e. The summed E-state index contributed by atoms with van der Waals surface area (Å²) in [5.74, 6) is 1.41. The highest BCUT2D eigenvalue weighted by atomic mass is 35.5. The Morgan fingerprint density at radius 3 is 3.04 bits per heavy atom. The third-order valence-electron chi connectivity index (χ3n) is 4.33. The van der Waals surface area contributed by atoms with Crippen LogP contribution in [0, 0.1) is 0 Å². The van der Waals surface area contributed by atoms with E-state index < -0.39 is 0 Å². The maximum Gasteiger partial charge on any atom is 0.258 e. The van der Waals surface area contributed by atoms with Crippen molar-refractivity contribution in [2.75, 3.05) is 12.4 Å². The number of halogens is 1. The molecule has 1 aliphatic heterocycles. The van der Waals surface area contributed by atoms with Crippen LogP contribution >= 0.6 is 23.4 Å². The standard InChI is InChI=1S/C20H17ClN2O2S/c21-15-7-8-17(20-13(15)5-3-10-22-20)25-12-19(24)23-16-9-11-26-18-6-2-1-4-14(16)18/h1-8,10,16H,9,11-12H2,(H,23,24)/t16-/m1/s1. The van der Waals surface area contributed by atoms with Crippen LogP contribution in [0.3, 0.4) is 0 Å². The number of ether oxygens (including phenoxy) is 1. The van der Waals surface area contributed by atoms with Gasteiger partial charge in [-0.25, -0.2) is 0 Å². The fraction of sp³-hybridized carbons (Fsp3) is 0.200. The summed E-state index contributed by atoms with van der Waals surface area (Å²) in [6.07, 6.45) is 2.60. The molecule has 26 heavy (non-hydrogen) atoms. The first-order valence-electron chi connectivity index (χ1n) is 8.39. The first-order valence-corrected chi connectivity index (χ1v) is 9.76. The molecule has 132 valence electrons. The normalized spacial score (nSPS) is 16.1. The van der Waals surface area contributed by atoms with E-state index in [4.69, 9.17) is 16.3 Å². The third kappa shape index (κ3) is 3.50. The number of aromatic nitrogens is 1. The highest BCUT2D eigenvalue weighted by molar-refractivity contribution is 7.99. The molecule has 0 fully saturated rings. The summed E-state index contributed by atoms with van der Waals surface area (Å²) in [5, 5.41) is 4.50. The molecule has 0 saturated carbocycles. The second-order valence-electron chi connectivity index (χ2n) is 6.03. The summed E-state index contributed by atoms with van der Waals surface area (Å²) in [5.41, 5.74) is 1.84. The highest BCUT2D eigenvalue weighted by Crippen LogP contribution is 2.35. The molecule has 0 spiro atoms. The number of pyridine rings is 1. The van der Waals surface area contributed by atoms with Gasteiger partial charge in [0, 0.05) is 22.2 Å². The van der Waals surface area contributed by atoms with E-state index in [2.05, 4.69) is 22.4 Å². The van der Waals surface area contributed by atoms with E-state index in [1.165, 1.54) is 10.5 Å². The van der Waals surface area contributed by atoms with Crippen molar-refractivity contribution in [1.29, 1.82) is 0 Å². The number of amides is 1. The molecule has 3 aromatic rings. The highest BCUT2D eigenvalue weighted by Gasteiger charge is 2.22. The van der Waals surface area contributed by atoms with Crippen molar-refractivity contribution in [3.05, 3.63) is 65.3 Å². The summed E-state index contributed by atoms with van der Waals surface area (Å²) in [4.78, 5) is 18.0. The van der Waals surface area contributed by atoms with E-state index in [0.29, 0.717) is 16.3 Å². The third-order valence-corrected chi connectivity index (χ3v) is 5.78. The summed E-state index contributed by atoms with van der Waals surface area (Å²) in [7, 11) is 0. The minimum absolute atomic E-state index is 0.0311. The number of fused-ring (bicyclic) bond motifs is 2. The molecule has 0 radical (unpaired) electrons. The van der Waals surface area contributed by atoms with Gasteiger partial charge in [0.1, 0.15) is 11.3 Å². The van der Waals surface area contributed by atoms with Crippen LogP contribution in [0.5, 0.6) is 5.75 Å². The van der Waals surface area contributed by atoms with Crippen LogP contribution in [0.15, 0.2) is 59.6 Å². The van der Waals surface area contributed by atoms with E-state index in [1.807, 2.05) is 36.0 Å². The second kappa shape index (κ2) is 7.56. The Morgan fingerprint density at radius 1 is 1.23 bits per heavy atom. The SMILES string of the molecule is O=C(COc1ccc(Cl)c2cccnc12)N[C@@H]1CCSc2ccccc21. The van der Waals surface area contributed by atoms with Crippen LogP contribution < -0.4 is 10.1 Å². The second-order valence-corrected chi connectivity index (χ2v) is 7.57. The molecule has 1 N–H and O–H groups in total. The van der Waals surface area contributed by atoms with Crippen LogP contribution in [0.4, 0.5) is 0 Å². The quantitative estimate of drug-likeness (QED) is 0.713. The number of carbonyl (C=O) groups excluding carboxylic acids is 1. The molecular weight excluding hydrogens is 368 g/mol. The lowest BCUT2D eigenvalue weighted by Gasteiger charge is -2.25. The zero-order valence-electron chi connectivity index (χ0n) is 13.9. The van der Waals surface area contributed by atoms with E-state index in [1.54, 1.807) is 18.3 Å². The average Bonchev–Trinajstić information content (AvgIpc) is 2.68. The molecule has 1 aliphatic rings. The fourth-order valence-corrected chi connectivity index (χ4v) is 4.44. The molecule has 1 amide bonds. The predicted octanol–water partition coefficient (Wildman–Crippen LogP) is 4.62. The zero-order chi connectivity index (χ0) is 17.9. The molecule has 0 bridgehead atoms. The Labute approximate surface area is 160 Å². The Bertz CT molecular complexity index is 963. The van der Waals surface area contributed by atoms with Crippen molar-refractivity contribution in [1.82, 2.24) is 10.3 Å². The van der Waals surface area contributed by atoms with Gasteiger partial charge < -0.3 is 10.1 Å². The topological polar surface area (TPSA) is 51.2 Å². The fourth-order valence-electron chi connectivity index (χ4n) is 3.10. The van der Waals surface area contributed by atoms with Gasteiger partial charge in [0.05, 0.1) is 11.1 Å². The van der Waals surface area contributed by atoms with Crippen molar-refractivity contribution in [3.63, 3.8) is 0 Å². The van der Waals surface area contributed by atoms with Crippen molar-refractivity contribution >= 4 is 40.2 Å². The number of hydrogen-bond donors (Lipinski definition) is 1. The van der Waals surface area contributed by atoms with Gasteiger partial charge in [-0.05, 0) is 42.3 Å². The van der Waals surface area contributed by atoms with Crippen LogP contribution in [-0.4, -0.2) is 23.3 Å². The molecule has 1 atom stereocenters. The lowest BCUT2D eigenvalue weighted by Crippen LogP contribution is -2.34. The molecule has 4 rings (SSSR count). The Morgan fingerprint density at radius 2 is 2.12 bits per heavy atom. The number of nitrogens with one attached hydrogen (secondary N) is 1. The van der Waals surface area contributed by atoms with Crippen LogP contribution in [0.25, 0.3) is 10.9 Å². The number of thioether (sulfide) groups is 1. The monoisotopic (exact) mass is 384 g/mol. The Hall–Kier alpha value is -2.24. The van der Waals surface area contributed by atoms with Gasteiger partial charge in [0.25, 0.3) is 5.91 Å². The van der Waals surface area contributed by atoms with Crippen molar-refractivity contribution < 1.29 is 9.53 Å². The minimum atomic E-state index is -0.143. The number of hydrogen-bond acceptors (Lipinski definition) is 4. The molecule has 4 nitrogen and oxygen atoms in total. The maximum atomic E-state index is 12.4. The Kier molecular flexibility index (Phi) is 5.00. The molecule has 0 saturated heterocycles. The minimum Gasteiger partial charge on any atom is -0.481 e. The van der Waals surface area contributed by atoms with E-state index >= 15 is 0 Å². The van der Waals surface area contributed by atoms with Crippen molar-refractivity contribution in [2.24, 2.45) is 0 Å². The number of nitrogens with zero attached hydrogens (tertiary/aromatic N) is 1. The van der Waals surface area contributed by atoms with Gasteiger partial charge in [-0.3, -0.25) is 9.78 Å². The molecule has 2 aromatic carbocycles. The number of carbonyl (C=O) groups is 1. The van der Waals surface area contributed by atoms with Gasteiger partial charge in [-0.2, -0.15) is 0 Å². The van der Waals surface area contributed by atoms with E-state index in [-0.39, 0.29) is 18.6 Å². The molecule has 6 heteroatoms. The first kappa shape index (κ1) is 17.2. The predicted molar refractivity (Wildman–Crippen MR) is 105 cm³/mol. The zero-order valence-corrected chi connectivity index (χ0v) is 15.5. The molecule has 0 aliphatic carbocycles. The van der Waals surface area contributed by atoms with Gasteiger partial charge in [0.15, 0.2) is 6.61 Å². The molecule has 1 aromatic heterocycles. The van der Waals surface area contributed by atoms with Gasteiger partial charge in [-0.1, -0.05) is 29.8 Å². The van der Waals surface area contributed by atoms with E-state index in [0.717, 1.165) is 17.6 Å². The maximum absolute atomic E-state index is 12.4. The van der Waals surface area contributed by atoms with Gasteiger partial charge in [-0.15, -0.1) is 11.8 Å². The van der Waals surface area contributed by atoms with Crippen LogP contribution in [-0.2, 0) is 4.79 Å². The molecule has 0 unspecified atom stereocenters. The van der Waals surface area contributed by atoms with Gasteiger partial charge >= 0.3 is 0 Å². The lowest BCUT2D eigenvalue weighted by atomic mass is 10.0. The van der Waals surface area contributed by atoms with Crippen LogP contribution in [0.2, 0.25) is 5.02 Å². The number of benzene rings is 2. The average molecular weight is 385 g/mol. The van der Waals surface area contributed by atoms with Crippen molar-refractivity contribution in [3.8, 4) is 5.75 Å². The number of rotatable bonds is 4. The Balaban J connectivity index is 1.45. The summed E-state index contributed by atoms with van der Waals surface area (Å²) >= 11 is 8.02. The summed E-state index contributed by atoms with van der Waals surface area (Å²) in [6, 6.07) is 15.4. The van der Waals surface area contributed by atoms with Gasteiger partial charge in [0.2, 0.25) is 0 Å². The molecule has 2 heterocycles. The lowest BCUT2D eigenvalue weighted by molar-refractivity contribution is -0.123. The summed E-state index contributed by atoms with van der Waals surface area (Å²) < 4.78 is 5.73. The van der Waals surface area contributed by atoms with Crippen molar-refractivity contribution in [2.45, 2.75) is 17.4 Å². The summed E-state index contributed by atoms with van der Waals surface area (Å²) in [6.45, 7) is -0.0564. The van der Waals surface area contributed by atoms with Crippen LogP contribution in [0.1, 0.15) is 18.0 Å². The molecular formula is C20H17ClN2O2S. The first-order chi connectivity index (χ1) is 12.7.